The third kappa shape index (κ3) is 4.33. The lowest BCUT2D eigenvalue weighted by Gasteiger charge is -2.26. The molecule has 10 heteroatoms. The Labute approximate surface area is 157 Å². The van der Waals surface area contributed by atoms with Gasteiger partial charge in [0.15, 0.2) is 11.6 Å². The molecular weight excluding hydrogens is 380 g/mol. The number of aromatic nitrogens is 3. The molecule has 0 N–H and O–H groups in total. The zero-order chi connectivity index (χ0) is 20.3. The predicted molar refractivity (Wildman–Crippen MR) is 90.8 cm³/mol. The van der Waals surface area contributed by atoms with Gasteiger partial charge in [0, 0.05) is 24.8 Å². The first-order valence-corrected chi connectivity index (χ1v) is 8.11. The highest BCUT2D eigenvalue weighted by molar-refractivity contribution is 5.91. The maximum Gasteiger partial charge on any atom is 0.451 e. The molecule has 0 fully saturated rings. The second kappa shape index (κ2) is 7.75. The monoisotopic (exact) mass is 394 g/mol. The fourth-order valence-corrected chi connectivity index (χ4v) is 2.61. The molecular formula is C18H14F4N4O2. The van der Waals surface area contributed by atoms with Crippen molar-refractivity contribution in [2.45, 2.75) is 12.6 Å². The Hall–Kier alpha value is -3.30. The minimum absolute atomic E-state index is 0.00473. The summed E-state index contributed by atoms with van der Waals surface area (Å²) in [5.41, 5.74) is 1.41. The number of amides is 1. The SMILES string of the molecule is C=C(F)C(=O)N1CC=C(c2cccnc2Oc2cnc(C(F)(F)F)nc2)CC1. The van der Waals surface area contributed by atoms with E-state index < -0.39 is 23.7 Å². The number of pyridine rings is 1. The predicted octanol–water partition coefficient (Wildman–Crippen LogP) is 3.78. The van der Waals surface area contributed by atoms with E-state index >= 15 is 0 Å². The smallest absolute Gasteiger partial charge is 0.435 e. The summed E-state index contributed by atoms with van der Waals surface area (Å²) in [4.78, 5) is 23.5. The number of carbonyl (C=O) groups excluding carboxylic acids is 1. The van der Waals surface area contributed by atoms with Gasteiger partial charge in [-0.3, -0.25) is 4.79 Å². The van der Waals surface area contributed by atoms with Crippen LogP contribution in [0.5, 0.6) is 11.6 Å². The molecule has 6 nitrogen and oxygen atoms in total. The van der Waals surface area contributed by atoms with Gasteiger partial charge in [-0.2, -0.15) is 13.2 Å². The van der Waals surface area contributed by atoms with Gasteiger partial charge in [0.05, 0.1) is 12.4 Å². The minimum Gasteiger partial charge on any atom is -0.435 e. The molecule has 0 unspecified atom stereocenters. The van der Waals surface area contributed by atoms with Crippen molar-refractivity contribution in [2.24, 2.45) is 0 Å². The van der Waals surface area contributed by atoms with E-state index in [2.05, 4.69) is 21.5 Å². The summed E-state index contributed by atoms with van der Waals surface area (Å²) in [7, 11) is 0. The molecule has 0 aromatic carbocycles. The van der Waals surface area contributed by atoms with Crippen LogP contribution >= 0.6 is 0 Å². The molecule has 0 radical (unpaired) electrons. The third-order valence-corrected chi connectivity index (χ3v) is 3.94. The Bertz CT molecular complexity index is 926. The maximum atomic E-state index is 13.0. The van der Waals surface area contributed by atoms with E-state index in [1.165, 1.54) is 11.1 Å². The first-order chi connectivity index (χ1) is 13.3. The highest BCUT2D eigenvalue weighted by Gasteiger charge is 2.34. The van der Waals surface area contributed by atoms with Crippen LogP contribution < -0.4 is 4.74 Å². The van der Waals surface area contributed by atoms with Crippen LogP contribution in [0.3, 0.4) is 0 Å². The van der Waals surface area contributed by atoms with Crippen molar-refractivity contribution in [2.75, 3.05) is 13.1 Å². The van der Waals surface area contributed by atoms with Crippen molar-refractivity contribution < 1.29 is 27.1 Å². The molecule has 2 aromatic rings. The Morgan fingerprint density at radius 1 is 1.21 bits per heavy atom. The van der Waals surface area contributed by atoms with Gasteiger partial charge in [-0.25, -0.2) is 19.3 Å². The Morgan fingerprint density at radius 3 is 2.50 bits per heavy atom. The molecule has 146 valence electrons. The molecule has 0 saturated carbocycles. The summed E-state index contributed by atoms with van der Waals surface area (Å²) in [6.07, 6.45) is 0.807. The number of hydrogen-bond acceptors (Lipinski definition) is 5. The molecule has 0 atom stereocenters. The van der Waals surface area contributed by atoms with Crippen molar-refractivity contribution in [3.8, 4) is 11.6 Å². The number of ether oxygens (including phenoxy) is 1. The average Bonchev–Trinajstić information content (AvgIpc) is 2.68. The molecule has 0 spiro atoms. The zero-order valence-corrected chi connectivity index (χ0v) is 14.4. The van der Waals surface area contributed by atoms with E-state index in [1.54, 1.807) is 18.2 Å². The highest BCUT2D eigenvalue weighted by atomic mass is 19.4. The molecule has 3 heterocycles. The Kier molecular flexibility index (Phi) is 5.39. The second-order valence-corrected chi connectivity index (χ2v) is 5.83. The van der Waals surface area contributed by atoms with Crippen molar-refractivity contribution >= 4 is 11.5 Å². The molecule has 0 aliphatic carbocycles. The Morgan fingerprint density at radius 2 is 1.93 bits per heavy atom. The molecule has 1 aliphatic rings. The quantitative estimate of drug-likeness (QED) is 0.583. The van der Waals surface area contributed by atoms with Crippen LogP contribution in [0.1, 0.15) is 17.8 Å². The fourth-order valence-electron chi connectivity index (χ4n) is 2.61. The van der Waals surface area contributed by atoms with Gasteiger partial charge < -0.3 is 9.64 Å². The van der Waals surface area contributed by atoms with Crippen LogP contribution in [0.15, 0.2) is 49.2 Å². The lowest BCUT2D eigenvalue weighted by atomic mass is 10.0. The summed E-state index contributed by atoms with van der Waals surface area (Å²) in [5.74, 6) is -2.90. The first kappa shape index (κ1) is 19.5. The van der Waals surface area contributed by atoms with Gasteiger partial charge >= 0.3 is 6.18 Å². The van der Waals surface area contributed by atoms with Crippen LogP contribution in [-0.2, 0) is 11.0 Å². The van der Waals surface area contributed by atoms with Crippen LogP contribution in [0.25, 0.3) is 5.57 Å². The molecule has 3 rings (SSSR count). The van der Waals surface area contributed by atoms with E-state index in [1.807, 2.05) is 0 Å². The van der Waals surface area contributed by atoms with Crippen LogP contribution in [-0.4, -0.2) is 38.8 Å². The number of hydrogen-bond donors (Lipinski definition) is 0. The number of rotatable bonds is 4. The second-order valence-electron chi connectivity index (χ2n) is 5.83. The van der Waals surface area contributed by atoms with E-state index in [0.717, 1.165) is 18.0 Å². The largest absolute Gasteiger partial charge is 0.451 e. The number of carbonyl (C=O) groups is 1. The van der Waals surface area contributed by atoms with Gasteiger partial charge in [-0.1, -0.05) is 12.7 Å². The van der Waals surface area contributed by atoms with Crippen molar-refractivity contribution in [3.63, 3.8) is 0 Å². The van der Waals surface area contributed by atoms with Crippen LogP contribution in [0.2, 0.25) is 0 Å². The van der Waals surface area contributed by atoms with Crippen molar-refractivity contribution in [1.29, 1.82) is 0 Å². The van der Waals surface area contributed by atoms with Crippen molar-refractivity contribution in [1.82, 2.24) is 19.9 Å². The van der Waals surface area contributed by atoms with Crippen LogP contribution in [0, 0.1) is 0 Å². The summed E-state index contributed by atoms with van der Waals surface area (Å²) >= 11 is 0. The third-order valence-electron chi connectivity index (χ3n) is 3.94. The minimum atomic E-state index is -4.64. The summed E-state index contributed by atoms with van der Waals surface area (Å²) in [6, 6.07) is 3.40. The van der Waals surface area contributed by atoms with Gasteiger partial charge in [-0.05, 0) is 24.1 Å². The number of alkyl halides is 3. The Balaban J connectivity index is 1.79. The number of halogens is 4. The standard InChI is InChI=1S/C18H14F4N4O2/c1-11(19)16(27)26-7-4-12(5-8-26)14-3-2-6-23-15(14)28-13-9-24-17(25-10-13)18(20,21)22/h2-4,6,9-10H,1,5,7-8H2. The molecule has 2 aromatic heterocycles. The van der Waals surface area contributed by atoms with Gasteiger partial charge in [-0.15, -0.1) is 0 Å². The zero-order valence-electron chi connectivity index (χ0n) is 14.4. The molecule has 0 bridgehead atoms. The van der Waals surface area contributed by atoms with Gasteiger partial charge in [0.1, 0.15) is 0 Å². The van der Waals surface area contributed by atoms with Crippen LogP contribution in [0.4, 0.5) is 17.6 Å². The van der Waals surface area contributed by atoms with E-state index in [-0.39, 0.29) is 24.7 Å². The number of nitrogens with zero attached hydrogens (tertiary/aromatic N) is 4. The molecule has 1 amide bonds. The summed E-state index contributed by atoms with van der Waals surface area (Å²) < 4.78 is 56.2. The fraction of sp³-hybridized carbons (Fsp3) is 0.222. The van der Waals surface area contributed by atoms with Gasteiger partial charge in [0.25, 0.3) is 5.91 Å². The van der Waals surface area contributed by atoms with E-state index in [9.17, 15) is 22.4 Å². The average molecular weight is 394 g/mol. The highest BCUT2D eigenvalue weighted by Crippen LogP contribution is 2.32. The molecule has 28 heavy (non-hydrogen) atoms. The van der Waals surface area contributed by atoms with Gasteiger partial charge in [0.2, 0.25) is 11.7 Å². The lowest BCUT2D eigenvalue weighted by molar-refractivity contribution is -0.145. The topological polar surface area (TPSA) is 68.2 Å². The first-order valence-electron chi connectivity index (χ1n) is 8.11. The van der Waals surface area contributed by atoms with Crippen molar-refractivity contribution in [3.05, 3.63) is 60.6 Å². The normalized spacial score (nSPS) is 14.4. The molecule has 1 aliphatic heterocycles. The maximum absolute atomic E-state index is 13.0. The van der Waals surface area contributed by atoms with E-state index in [0.29, 0.717) is 12.0 Å². The molecule has 0 saturated heterocycles. The van der Waals surface area contributed by atoms with E-state index in [4.69, 9.17) is 4.74 Å². The lowest BCUT2D eigenvalue weighted by Crippen LogP contribution is -2.34. The summed E-state index contributed by atoms with van der Waals surface area (Å²) in [5, 5.41) is 0. The summed E-state index contributed by atoms with van der Waals surface area (Å²) in [6.45, 7) is 3.47.